The molecule has 0 spiro atoms. The highest BCUT2D eigenvalue weighted by Gasteiger charge is 2.18. The van der Waals surface area contributed by atoms with Gasteiger partial charge in [-0.3, -0.25) is 10.1 Å². The van der Waals surface area contributed by atoms with Crippen LogP contribution in [0.2, 0.25) is 0 Å². The third-order valence-electron chi connectivity index (χ3n) is 3.46. The first-order valence-corrected chi connectivity index (χ1v) is 7.92. The van der Waals surface area contributed by atoms with E-state index in [0.717, 1.165) is 5.76 Å². The minimum Gasteiger partial charge on any atom is -0.467 e. The summed E-state index contributed by atoms with van der Waals surface area (Å²) in [6.07, 6.45) is 1.60. The van der Waals surface area contributed by atoms with Gasteiger partial charge >= 0.3 is 0 Å². The molecule has 2 unspecified atom stereocenters. The molecular formula is C16H22N2O2S. The number of aryl methyl sites for hydroxylation is 2. The maximum absolute atomic E-state index is 12.1. The second kappa shape index (κ2) is 6.91. The van der Waals surface area contributed by atoms with Gasteiger partial charge < -0.3 is 9.73 Å². The molecular weight excluding hydrogens is 284 g/mol. The summed E-state index contributed by atoms with van der Waals surface area (Å²) in [6.45, 7) is 8.61. The number of nitrogens with one attached hydrogen (secondary N) is 2. The number of thiophene rings is 1. The van der Waals surface area contributed by atoms with Crippen molar-refractivity contribution in [2.24, 2.45) is 0 Å². The van der Waals surface area contributed by atoms with E-state index in [2.05, 4.69) is 37.5 Å². The topological polar surface area (TPSA) is 54.3 Å². The SMILES string of the molecule is Cc1cc(C(C)NC(C)C(=O)NCc2ccco2)c(C)s1. The quantitative estimate of drug-likeness (QED) is 0.861. The minimum absolute atomic E-state index is 0.0251. The number of furan rings is 1. The Labute approximate surface area is 129 Å². The molecule has 2 aromatic heterocycles. The lowest BCUT2D eigenvalue weighted by atomic mass is 10.1. The van der Waals surface area contributed by atoms with Gasteiger partial charge in [0, 0.05) is 15.8 Å². The molecule has 0 bridgehead atoms. The molecule has 2 heterocycles. The monoisotopic (exact) mass is 306 g/mol. The molecule has 0 radical (unpaired) electrons. The molecule has 2 rings (SSSR count). The summed E-state index contributed by atoms with van der Waals surface area (Å²) in [5.41, 5.74) is 1.27. The summed E-state index contributed by atoms with van der Waals surface area (Å²) in [7, 11) is 0. The van der Waals surface area contributed by atoms with Crippen LogP contribution >= 0.6 is 11.3 Å². The molecule has 114 valence electrons. The van der Waals surface area contributed by atoms with E-state index in [9.17, 15) is 4.79 Å². The van der Waals surface area contributed by atoms with Crippen molar-refractivity contribution in [2.75, 3.05) is 0 Å². The predicted octanol–water partition coefficient (Wildman–Crippen LogP) is 3.31. The fraction of sp³-hybridized carbons (Fsp3) is 0.438. The molecule has 0 saturated heterocycles. The Morgan fingerprint density at radius 1 is 1.38 bits per heavy atom. The Hall–Kier alpha value is -1.59. The summed E-state index contributed by atoms with van der Waals surface area (Å²) in [5, 5.41) is 6.21. The molecule has 2 atom stereocenters. The highest BCUT2D eigenvalue weighted by Crippen LogP contribution is 2.26. The first kappa shape index (κ1) is 15.8. The van der Waals surface area contributed by atoms with E-state index in [1.165, 1.54) is 15.3 Å². The van der Waals surface area contributed by atoms with Crippen molar-refractivity contribution in [1.29, 1.82) is 0 Å². The Bertz CT molecular complexity index is 589. The van der Waals surface area contributed by atoms with Crippen LogP contribution in [0.5, 0.6) is 0 Å². The van der Waals surface area contributed by atoms with Crippen LogP contribution in [0.25, 0.3) is 0 Å². The van der Waals surface area contributed by atoms with Gasteiger partial charge in [0.1, 0.15) is 5.76 Å². The van der Waals surface area contributed by atoms with E-state index >= 15 is 0 Å². The van der Waals surface area contributed by atoms with Crippen molar-refractivity contribution in [3.05, 3.63) is 45.5 Å². The first-order chi connectivity index (χ1) is 9.97. The van der Waals surface area contributed by atoms with Crippen molar-refractivity contribution >= 4 is 17.2 Å². The fourth-order valence-corrected chi connectivity index (χ4v) is 3.38. The molecule has 0 aliphatic rings. The summed E-state index contributed by atoms with van der Waals surface area (Å²) in [4.78, 5) is 14.7. The maximum atomic E-state index is 12.1. The van der Waals surface area contributed by atoms with E-state index in [0.29, 0.717) is 6.54 Å². The fourth-order valence-electron chi connectivity index (χ4n) is 2.36. The summed E-state index contributed by atoms with van der Waals surface area (Å²) < 4.78 is 5.20. The van der Waals surface area contributed by atoms with Crippen LogP contribution in [0.3, 0.4) is 0 Å². The Morgan fingerprint density at radius 2 is 2.14 bits per heavy atom. The molecule has 0 saturated carbocycles. The minimum atomic E-state index is -0.255. The predicted molar refractivity (Wildman–Crippen MR) is 85.4 cm³/mol. The zero-order valence-corrected chi connectivity index (χ0v) is 13.7. The van der Waals surface area contributed by atoms with Crippen molar-refractivity contribution in [1.82, 2.24) is 10.6 Å². The number of carbonyl (C=O) groups excluding carboxylic acids is 1. The van der Waals surface area contributed by atoms with E-state index < -0.39 is 0 Å². The number of amides is 1. The third-order valence-corrected chi connectivity index (χ3v) is 4.44. The molecule has 2 N–H and O–H groups in total. The van der Waals surface area contributed by atoms with Crippen LogP contribution in [-0.2, 0) is 11.3 Å². The van der Waals surface area contributed by atoms with E-state index in [4.69, 9.17) is 4.42 Å². The second-order valence-electron chi connectivity index (χ2n) is 5.28. The van der Waals surface area contributed by atoms with Crippen molar-refractivity contribution in [3.63, 3.8) is 0 Å². The van der Waals surface area contributed by atoms with Crippen LogP contribution in [0, 0.1) is 13.8 Å². The third kappa shape index (κ3) is 4.19. The molecule has 2 aromatic rings. The zero-order chi connectivity index (χ0) is 15.4. The molecule has 4 nitrogen and oxygen atoms in total. The van der Waals surface area contributed by atoms with Crippen molar-refractivity contribution in [3.8, 4) is 0 Å². The Balaban J connectivity index is 1.86. The lowest BCUT2D eigenvalue weighted by Gasteiger charge is -2.19. The second-order valence-corrected chi connectivity index (χ2v) is 6.74. The molecule has 21 heavy (non-hydrogen) atoms. The van der Waals surface area contributed by atoms with Crippen LogP contribution in [0.1, 0.15) is 41.0 Å². The summed E-state index contributed by atoms with van der Waals surface area (Å²) in [6, 6.07) is 5.74. The highest BCUT2D eigenvalue weighted by atomic mass is 32.1. The lowest BCUT2D eigenvalue weighted by molar-refractivity contribution is -0.123. The molecule has 0 aromatic carbocycles. The van der Waals surface area contributed by atoms with Gasteiger partial charge in [0.25, 0.3) is 0 Å². The van der Waals surface area contributed by atoms with Gasteiger partial charge in [-0.05, 0) is 51.5 Å². The van der Waals surface area contributed by atoms with Gasteiger partial charge in [-0.1, -0.05) is 0 Å². The molecule has 0 fully saturated rings. The number of carbonyl (C=O) groups is 1. The van der Waals surface area contributed by atoms with Gasteiger partial charge in [0.15, 0.2) is 0 Å². The smallest absolute Gasteiger partial charge is 0.237 e. The van der Waals surface area contributed by atoms with Crippen LogP contribution in [0.15, 0.2) is 28.9 Å². The summed E-state index contributed by atoms with van der Waals surface area (Å²) in [5.74, 6) is 0.732. The van der Waals surface area contributed by atoms with Gasteiger partial charge in [-0.25, -0.2) is 0 Å². The summed E-state index contributed by atoms with van der Waals surface area (Å²) >= 11 is 1.79. The standard InChI is InChI=1S/C16H22N2O2S/c1-10-8-15(13(4)21-10)11(2)18-12(3)16(19)17-9-14-6-5-7-20-14/h5-8,11-12,18H,9H2,1-4H3,(H,17,19). The van der Waals surface area contributed by atoms with Gasteiger partial charge in [0.05, 0.1) is 18.8 Å². The van der Waals surface area contributed by atoms with E-state index in [1.54, 1.807) is 17.6 Å². The van der Waals surface area contributed by atoms with Gasteiger partial charge in [0.2, 0.25) is 5.91 Å². The van der Waals surface area contributed by atoms with Crippen LogP contribution in [0.4, 0.5) is 0 Å². The first-order valence-electron chi connectivity index (χ1n) is 7.10. The highest BCUT2D eigenvalue weighted by molar-refractivity contribution is 7.12. The average molecular weight is 306 g/mol. The van der Waals surface area contributed by atoms with E-state index in [1.807, 2.05) is 19.1 Å². The lowest BCUT2D eigenvalue weighted by Crippen LogP contribution is -2.42. The average Bonchev–Trinajstić information content (AvgIpc) is 3.05. The van der Waals surface area contributed by atoms with Crippen molar-refractivity contribution in [2.45, 2.75) is 46.3 Å². The van der Waals surface area contributed by atoms with Crippen LogP contribution < -0.4 is 10.6 Å². The Morgan fingerprint density at radius 3 is 2.71 bits per heavy atom. The molecule has 1 amide bonds. The normalized spacial score (nSPS) is 13.9. The molecule has 5 heteroatoms. The van der Waals surface area contributed by atoms with Gasteiger partial charge in [-0.15, -0.1) is 11.3 Å². The number of rotatable bonds is 6. The van der Waals surface area contributed by atoms with Crippen molar-refractivity contribution < 1.29 is 9.21 Å². The number of hydrogen-bond acceptors (Lipinski definition) is 4. The maximum Gasteiger partial charge on any atom is 0.237 e. The largest absolute Gasteiger partial charge is 0.467 e. The van der Waals surface area contributed by atoms with Crippen LogP contribution in [-0.4, -0.2) is 11.9 Å². The number of hydrogen-bond donors (Lipinski definition) is 2. The Kier molecular flexibility index (Phi) is 5.20. The van der Waals surface area contributed by atoms with Gasteiger partial charge in [-0.2, -0.15) is 0 Å². The molecule has 0 aliphatic heterocycles. The zero-order valence-electron chi connectivity index (χ0n) is 12.9. The molecule has 0 aliphatic carbocycles. The van der Waals surface area contributed by atoms with E-state index in [-0.39, 0.29) is 18.0 Å².